The maximum absolute atomic E-state index is 8.67. The highest BCUT2D eigenvalue weighted by atomic mass is 16.5. The molecule has 12 heavy (non-hydrogen) atoms. The van der Waals surface area contributed by atoms with Gasteiger partial charge in [0.05, 0.1) is 6.61 Å². The van der Waals surface area contributed by atoms with Crippen LogP contribution < -0.4 is 11.1 Å². The van der Waals surface area contributed by atoms with E-state index in [9.17, 15) is 0 Å². The number of aliphatic hydroxyl groups excluding tert-OH is 1. The monoisotopic (exact) mass is 174 g/mol. The number of nitrogens with two attached hydrogens (primary N) is 1. The van der Waals surface area contributed by atoms with E-state index in [-0.39, 0.29) is 12.6 Å². The molecule has 1 unspecified atom stereocenters. The lowest BCUT2D eigenvalue weighted by atomic mass is 10.1. The van der Waals surface area contributed by atoms with Crippen molar-refractivity contribution < 1.29 is 9.84 Å². The predicted octanol–water partition coefficient (Wildman–Crippen LogP) is -0.925. The Kier molecular flexibility index (Phi) is 4.53. The van der Waals surface area contributed by atoms with Crippen molar-refractivity contribution in [3.8, 4) is 0 Å². The van der Waals surface area contributed by atoms with Crippen LogP contribution in [0, 0.1) is 0 Å². The molecule has 4 nitrogen and oxygen atoms in total. The van der Waals surface area contributed by atoms with Gasteiger partial charge in [0.1, 0.15) is 0 Å². The summed E-state index contributed by atoms with van der Waals surface area (Å²) in [5, 5.41) is 12.0. The summed E-state index contributed by atoms with van der Waals surface area (Å²) in [5.74, 6) is 0. The fraction of sp³-hybridized carbons (Fsp3) is 1.00. The molecule has 0 aromatic carbocycles. The minimum atomic E-state index is -0.132. The predicted molar refractivity (Wildman–Crippen MR) is 46.9 cm³/mol. The second kappa shape index (κ2) is 5.48. The van der Waals surface area contributed by atoms with E-state index in [0.717, 1.165) is 26.1 Å². The first-order valence-electron chi connectivity index (χ1n) is 4.50. The van der Waals surface area contributed by atoms with Crippen LogP contribution in [-0.4, -0.2) is 43.6 Å². The number of hydrogen-bond acceptors (Lipinski definition) is 4. The highest BCUT2D eigenvalue weighted by Crippen LogP contribution is 2.05. The van der Waals surface area contributed by atoms with Gasteiger partial charge in [0.2, 0.25) is 0 Å². The van der Waals surface area contributed by atoms with Gasteiger partial charge in [-0.2, -0.15) is 0 Å². The summed E-state index contributed by atoms with van der Waals surface area (Å²) < 4.78 is 5.21. The van der Waals surface area contributed by atoms with Crippen LogP contribution in [0.5, 0.6) is 0 Å². The lowest BCUT2D eigenvalue weighted by molar-refractivity contribution is 0.0771. The highest BCUT2D eigenvalue weighted by Gasteiger charge is 2.13. The van der Waals surface area contributed by atoms with E-state index in [0.29, 0.717) is 12.6 Å². The van der Waals surface area contributed by atoms with E-state index in [4.69, 9.17) is 15.6 Å². The van der Waals surface area contributed by atoms with Gasteiger partial charge in [0.25, 0.3) is 0 Å². The summed E-state index contributed by atoms with van der Waals surface area (Å²) in [6.45, 7) is 2.43. The SMILES string of the molecule is NC(CO)CNC1CCOCC1. The Morgan fingerprint density at radius 1 is 1.50 bits per heavy atom. The van der Waals surface area contributed by atoms with E-state index < -0.39 is 0 Å². The largest absolute Gasteiger partial charge is 0.395 e. The smallest absolute Gasteiger partial charge is 0.0594 e. The molecule has 1 saturated heterocycles. The second-order valence-electron chi connectivity index (χ2n) is 3.24. The standard InChI is InChI=1S/C8H18N2O2/c9-7(6-11)5-10-8-1-3-12-4-2-8/h7-8,10-11H,1-6,9H2. The fourth-order valence-electron chi connectivity index (χ4n) is 1.28. The molecule has 0 bridgehead atoms. The lowest BCUT2D eigenvalue weighted by Gasteiger charge is -2.24. The number of nitrogens with one attached hydrogen (secondary N) is 1. The molecular formula is C8H18N2O2. The first-order valence-corrected chi connectivity index (χ1v) is 4.50. The van der Waals surface area contributed by atoms with Gasteiger partial charge in [-0.1, -0.05) is 0 Å². The number of rotatable bonds is 4. The van der Waals surface area contributed by atoms with Gasteiger partial charge in [0.15, 0.2) is 0 Å². The molecular weight excluding hydrogens is 156 g/mol. The van der Waals surface area contributed by atoms with E-state index in [2.05, 4.69) is 5.32 Å². The van der Waals surface area contributed by atoms with Gasteiger partial charge >= 0.3 is 0 Å². The first kappa shape index (κ1) is 9.92. The maximum Gasteiger partial charge on any atom is 0.0594 e. The van der Waals surface area contributed by atoms with Gasteiger partial charge < -0.3 is 20.9 Å². The van der Waals surface area contributed by atoms with Gasteiger partial charge in [-0.25, -0.2) is 0 Å². The molecule has 1 atom stereocenters. The molecule has 0 aliphatic carbocycles. The van der Waals surface area contributed by atoms with Crippen molar-refractivity contribution in [3.05, 3.63) is 0 Å². The summed E-state index contributed by atoms with van der Waals surface area (Å²) in [5.41, 5.74) is 5.55. The quantitative estimate of drug-likeness (QED) is 0.515. The summed E-state index contributed by atoms with van der Waals surface area (Å²) in [6.07, 6.45) is 2.11. The Hall–Kier alpha value is -0.160. The summed E-state index contributed by atoms with van der Waals surface area (Å²) in [6, 6.07) is 0.393. The van der Waals surface area contributed by atoms with Gasteiger partial charge in [-0.15, -0.1) is 0 Å². The van der Waals surface area contributed by atoms with Crippen molar-refractivity contribution in [1.29, 1.82) is 0 Å². The third-order valence-corrected chi connectivity index (χ3v) is 2.12. The summed E-state index contributed by atoms with van der Waals surface area (Å²) >= 11 is 0. The molecule has 0 saturated carbocycles. The zero-order valence-corrected chi connectivity index (χ0v) is 7.33. The zero-order chi connectivity index (χ0) is 8.81. The van der Waals surface area contributed by atoms with Gasteiger partial charge in [0, 0.05) is 31.8 Å². The molecule has 0 aromatic rings. The molecule has 0 amide bonds. The molecule has 0 radical (unpaired) electrons. The molecule has 0 aromatic heterocycles. The molecule has 4 heteroatoms. The zero-order valence-electron chi connectivity index (χ0n) is 7.33. The first-order chi connectivity index (χ1) is 5.83. The topological polar surface area (TPSA) is 67.5 Å². The molecule has 1 aliphatic rings. The molecule has 1 aliphatic heterocycles. The third-order valence-electron chi connectivity index (χ3n) is 2.12. The van der Waals surface area contributed by atoms with Crippen molar-refractivity contribution in [2.75, 3.05) is 26.4 Å². The average Bonchev–Trinajstić information content (AvgIpc) is 2.16. The van der Waals surface area contributed by atoms with Crippen LogP contribution in [-0.2, 0) is 4.74 Å². The van der Waals surface area contributed by atoms with Crippen molar-refractivity contribution >= 4 is 0 Å². The molecule has 1 fully saturated rings. The second-order valence-corrected chi connectivity index (χ2v) is 3.24. The van der Waals surface area contributed by atoms with Crippen LogP contribution in [0.1, 0.15) is 12.8 Å². The minimum absolute atomic E-state index is 0.0518. The molecule has 1 rings (SSSR count). The van der Waals surface area contributed by atoms with E-state index >= 15 is 0 Å². The van der Waals surface area contributed by atoms with E-state index in [1.54, 1.807) is 0 Å². The Balaban J connectivity index is 2.05. The van der Waals surface area contributed by atoms with Crippen LogP contribution in [0.3, 0.4) is 0 Å². The van der Waals surface area contributed by atoms with Crippen molar-refractivity contribution in [3.63, 3.8) is 0 Å². The molecule has 1 heterocycles. The highest BCUT2D eigenvalue weighted by molar-refractivity contribution is 4.73. The number of aliphatic hydroxyl groups is 1. The normalized spacial score (nSPS) is 22.5. The van der Waals surface area contributed by atoms with Gasteiger partial charge in [-0.3, -0.25) is 0 Å². The average molecular weight is 174 g/mol. The fourth-order valence-corrected chi connectivity index (χ4v) is 1.28. The molecule has 72 valence electrons. The molecule has 4 N–H and O–H groups in total. The summed E-state index contributed by atoms with van der Waals surface area (Å²) in [7, 11) is 0. The Morgan fingerprint density at radius 2 is 2.17 bits per heavy atom. The Bertz CT molecular complexity index is 116. The van der Waals surface area contributed by atoms with Crippen molar-refractivity contribution in [1.82, 2.24) is 5.32 Å². The Morgan fingerprint density at radius 3 is 2.75 bits per heavy atom. The number of hydrogen-bond donors (Lipinski definition) is 3. The van der Waals surface area contributed by atoms with Crippen LogP contribution >= 0.6 is 0 Å². The van der Waals surface area contributed by atoms with Gasteiger partial charge in [-0.05, 0) is 12.8 Å². The van der Waals surface area contributed by atoms with Crippen LogP contribution in [0.25, 0.3) is 0 Å². The third kappa shape index (κ3) is 3.49. The number of ether oxygens (including phenoxy) is 1. The van der Waals surface area contributed by atoms with Crippen LogP contribution in [0.15, 0.2) is 0 Å². The van der Waals surface area contributed by atoms with Crippen molar-refractivity contribution in [2.45, 2.75) is 24.9 Å². The molecule has 0 spiro atoms. The van der Waals surface area contributed by atoms with E-state index in [1.807, 2.05) is 0 Å². The summed E-state index contributed by atoms with van der Waals surface area (Å²) in [4.78, 5) is 0. The lowest BCUT2D eigenvalue weighted by Crippen LogP contribution is -2.43. The van der Waals surface area contributed by atoms with E-state index in [1.165, 1.54) is 0 Å². The maximum atomic E-state index is 8.67. The van der Waals surface area contributed by atoms with Crippen LogP contribution in [0.2, 0.25) is 0 Å². The van der Waals surface area contributed by atoms with Crippen molar-refractivity contribution in [2.24, 2.45) is 5.73 Å². The minimum Gasteiger partial charge on any atom is -0.395 e. The Labute approximate surface area is 73.1 Å². The van der Waals surface area contributed by atoms with Crippen LogP contribution in [0.4, 0.5) is 0 Å².